The smallest absolute Gasteiger partial charge is 0.308 e. The van der Waals surface area contributed by atoms with Crippen molar-refractivity contribution >= 4 is 17.3 Å². The van der Waals surface area contributed by atoms with Gasteiger partial charge in [-0.25, -0.2) is 4.98 Å². The largest absolute Gasteiger partial charge is 0.481 e. The van der Waals surface area contributed by atoms with E-state index < -0.39 is 5.97 Å². The highest BCUT2D eigenvalue weighted by atomic mass is 32.1. The van der Waals surface area contributed by atoms with Crippen molar-refractivity contribution in [2.24, 2.45) is 0 Å². The van der Waals surface area contributed by atoms with Crippen LogP contribution in [0.2, 0.25) is 0 Å². The molecule has 0 amide bonds. The van der Waals surface area contributed by atoms with Crippen LogP contribution in [0.5, 0.6) is 0 Å². The van der Waals surface area contributed by atoms with Crippen LogP contribution in [0, 0.1) is 0 Å². The Balaban J connectivity index is 2.76. The van der Waals surface area contributed by atoms with Gasteiger partial charge in [0, 0.05) is 4.88 Å². The second-order valence-corrected chi connectivity index (χ2v) is 3.09. The van der Waals surface area contributed by atoms with Crippen molar-refractivity contribution in [1.82, 2.24) is 4.98 Å². The van der Waals surface area contributed by atoms with Crippen LogP contribution in [0.1, 0.15) is 17.5 Å². The molecule has 1 aromatic rings. The molecule has 0 aromatic carbocycles. The predicted molar refractivity (Wildman–Crippen MR) is 42.8 cm³/mol. The Morgan fingerprint density at radius 2 is 2.55 bits per heavy atom. The number of thiazole rings is 1. The van der Waals surface area contributed by atoms with Gasteiger partial charge in [0.15, 0.2) is 0 Å². The summed E-state index contributed by atoms with van der Waals surface area (Å²) in [4.78, 5) is 15.2. The van der Waals surface area contributed by atoms with Crippen molar-refractivity contribution < 1.29 is 9.90 Å². The molecule has 0 unspecified atom stereocenters. The van der Waals surface area contributed by atoms with E-state index in [1.54, 1.807) is 5.51 Å². The maximum absolute atomic E-state index is 10.3. The molecule has 0 saturated heterocycles. The van der Waals surface area contributed by atoms with Crippen molar-refractivity contribution in [1.29, 1.82) is 0 Å². The van der Waals surface area contributed by atoms with Crippen molar-refractivity contribution in [2.45, 2.75) is 19.8 Å². The van der Waals surface area contributed by atoms with Gasteiger partial charge in [0.05, 0.1) is 17.6 Å². The molecule has 1 aromatic heterocycles. The lowest BCUT2D eigenvalue weighted by Crippen LogP contribution is -2.00. The molecule has 0 atom stereocenters. The molecule has 11 heavy (non-hydrogen) atoms. The van der Waals surface area contributed by atoms with Crippen LogP contribution in [0.25, 0.3) is 0 Å². The molecule has 1 heterocycles. The topological polar surface area (TPSA) is 50.2 Å². The van der Waals surface area contributed by atoms with Crippen molar-refractivity contribution in [3.05, 3.63) is 16.1 Å². The number of aryl methyl sites for hydroxylation is 1. The van der Waals surface area contributed by atoms with Gasteiger partial charge in [-0.15, -0.1) is 11.3 Å². The number of nitrogens with zero attached hydrogens (tertiary/aromatic N) is 1. The Morgan fingerprint density at radius 3 is 3.09 bits per heavy atom. The molecule has 0 bridgehead atoms. The minimum atomic E-state index is -0.788. The molecule has 0 radical (unpaired) electrons. The first-order valence-corrected chi connectivity index (χ1v) is 4.25. The second-order valence-electron chi connectivity index (χ2n) is 2.15. The summed E-state index contributed by atoms with van der Waals surface area (Å²) in [5.41, 5.74) is 2.61. The van der Waals surface area contributed by atoms with Gasteiger partial charge in [0.2, 0.25) is 0 Å². The Kier molecular flexibility index (Phi) is 2.59. The summed E-state index contributed by atoms with van der Waals surface area (Å²) < 4.78 is 0. The minimum absolute atomic E-state index is 0.105. The number of aliphatic carboxylic acids is 1. The van der Waals surface area contributed by atoms with Crippen molar-refractivity contribution in [3.63, 3.8) is 0 Å². The first kappa shape index (κ1) is 8.20. The Hall–Kier alpha value is -0.900. The average molecular weight is 171 g/mol. The van der Waals surface area contributed by atoms with Crippen molar-refractivity contribution in [3.8, 4) is 0 Å². The molecular formula is C7H9NO2S. The van der Waals surface area contributed by atoms with E-state index in [0.717, 1.165) is 17.0 Å². The molecular weight excluding hydrogens is 162 g/mol. The van der Waals surface area contributed by atoms with Gasteiger partial charge in [0.1, 0.15) is 0 Å². The summed E-state index contributed by atoms with van der Waals surface area (Å²) in [7, 11) is 0. The molecule has 1 rings (SSSR count). The number of hydrogen-bond donors (Lipinski definition) is 1. The van der Waals surface area contributed by atoms with Gasteiger partial charge >= 0.3 is 5.97 Å². The summed E-state index contributed by atoms with van der Waals surface area (Å²) in [6, 6.07) is 0. The Labute approximate surface area is 68.7 Å². The maximum atomic E-state index is 10.3. The van der Waals surface area contributed by atoms with E-state index in [9.17, 15) is 4.79 Å². The van der Waals surface area contributed by atoms with Gasteiger partial charge in [-0.05, 0) is 6.42 Å². The lowest BCUT2D eigenvalue weighted by atomic mass is 10.2. The number of carboxylic acid groups (broad SMARTS) is 1. The number of carbonyl (C=O) groups is 1. The summed E-state index contributed by atoms with van der Waals surface area (Å²) in [6.45, 7) is 1.97. The highest BCUT2D eigenvalue weighted by Gasteiger charge is 2.07. The van der Waals surface area contributed by atoms with Crippen LogP contribution < -0.4 is 0 Å². The molecule has 0 aliphatic rings. The van der Waals surface area contributed by atoms with Crippen LogP contribution in [0.4, 0.5) is 0 Å². The van der Waals surface area contributed by atoms with Crippen LogP contribution in [0.15, 0.2) is 5.51 Å². The summed E-state index contributed by atoms with van der Waals surface area (Å²) in [6.07, 6.45) is 0.917. The molecule has 1 N–H and O–H groups in total. The van der Waals surface area contributed by atoms with E-state index in [2.05, 4.69) is 4.98 Å². The number of carboxylic acids is 1. The summed E-state index contributed by atoms with van der Waals surface area (Å²) in [5.74, 6) is -0.788. The van der Waals surface area contributed by atoms with Crippen LogP contribution in [-0.4, -0.2) is 16.1 Å². The van der Waals surface area contributed by atoms with Crippen LogP contribution in [0.3, 0.4) is 0 Å². The molecule has 0 aliphatic heterocycles. The highest BCUT2D eigenvalue weighted by Crippen LogP contribution is 2.14. The number of aromatic nitrogens is 1. The van der Waals surface area contributed by atoms with E-state index in [0.29, 0.717) is 0 Å². The molecule has 60 valence electrons. The maximum Gasteiger partial charge on any atom is 0.308 e. The van der Waals surface area contributed by atoms with Crippen molar-refractivity contribution in [2.75, 3.05) is 0 Å². The predicted octanol–water partition coefficient (Wildman–Crippen LogP) is 1.33. The summed E-state index contributed by atoms with van der Waals surface area (Å²) in [5, 5.41) is 8.48. The molecule has 0 fully saturated rings. The zero-order valence-electron chi connectivity index (χ0n) is 6.20. The van der Waals surface area contributed by atoms with E-state index in [-0.39, 0.29) is 6.42 Å². The van der Waals surface area contributed by atoms with Gasteiger partial charge in [-0.1, -0.05) is 6.92 Å². The van der Waals surface area contributed by atoms with E-state index >= 15 is 0 Å². The molecule has 4 heteroatoms. The number of hydrogen-bond acceptors (Lipinski definition) is 3. The van der Waals surface area contributed by atoms with E-state index in [1.165, 1.54) is 11.3 Å². The fourth-order valence-corrected chi connectivity index (χ4v) is 1.71. The lowest BCUT2D eigenvalue weighted by Gasteiger charge is -1.93. The third-order valence-electron chi connectivity index (χ3n) is 1.37. The third kappa shape index (κ3) is 2.01. The fourth-order valence-electron chi connectivity index (χ4n) is 0.863. The van der Waals surface area contributed by atoms with E-state index in [4.69, 9.17) is 5.11 Å². The quantitative estimate of drug-likeness (QED) is 0.746. The minimum Gasteiger partial charge on any atom is -0.481 e. The first-order valence-electron chi connectivity index (χ1n) is 3.37. The van der Waals surface area contributed by atoms with Gasteiger partial charge in [-0.3, -0.25) is 4.79 Å². The molecule has 0 saturated carbocycles. The molecule has 0 spiro atoms. The standard InChI is InChI=1S/C7H9NO2S/c1-2-5-6(3-7(9)10)11-4-8-5/h4H,2-3H2,1H3,(H,9,10). The van der Waals surface area contributed by atoms with Gasteiger partial charge in [-0.2, -0.15) is 0 Å². The SMILES string of the molecule is CCc1ncsc1CC(=O)O. The Morgan fingerprint density at radius 1 is 1.82 bits per heavy atom. The zero-order valence-corrected chi connectivity index (χ0v) is 7.02. The molecule has 3 nitrogen and oxygen atoms in total. The average Bonchev–Trinajstić information content (AvgIpc) is 2.34. The van der Waals surface area contributed by atoms with Crippen LogP contribution in [-0.2, 0) is 17.6 Å². The van der Waals surface area contributed by atoms with E-state index in [1.807, 2.05) is 6.92 Å². The van der Waals surface area contributed by atoms with Crippen LogP contribution >= 0.6 is 11.3 Å². The monoisotopic (exact) mass is 171 g/mol. The first-order chi connectivity index (χ1) is 5.24. The second kappa shape index (κ2) is 3.48. The lowest BCUT2D eigenvalue weighted by molar-refractivity contribution is -0.136. The Bertz CT molecular complexity index is 257. The fraction of sp³-hybridized carbons (Fsp3) is 0.429. The third-order valence-corrected chi connectivity index (χ3v) is 2.25. The number of rotatable bonds is 3. The zero-order chi connectivity index (χ0) is 8.27. The normalized spacial score (nSPS) is 9.91. The molecule has 0 aliphatic carbocycles. The van der Waals surface area contributed by atoms with Gasteiger partial charge in [0.25, 0.3) is 0 Å². The summed E-state index contributed by atoms with van der Waals surface area (Å²) >= 11 is 1.41. The highest BCUT2D eigenvalue weighted by molar-refractivity contribution is 7.09. The van der Waals surface area contributed by atoms with Gasteiger partial charge < -0.3 is 5.11 Å².